The Hall–Kier alpha value is -1.43. The van der Waals surface area contributed by atoms with Crippen molar-refractivity contribution in [3.8, 4) is 0 Å². The van der Waals surface area contributed by atoms with Crippen molar-refractivity contribution in [1.82, 2.24) is 25.8 Å². The number of rotatable bonds is 4. The Labute approximate surface area is 107 Å². The molecule has 0 bridgehead atoms. The molecule has 0 spiro atoms. The zero-order chi connectivity index (χ0) is 13.0. The van der Waals surface area contributed by atoms with Crippen molar-refractivity contribution in [3.05, 3.63) is 11.6 Å². The molecule has 3 N–H and O–H groups in total. The minimum absolute atomic E-state index is 0.191. The molecule has 1 amide bonds. The summed E-state index contributed by atoms with van der Waals surface area (Å²) in [5.41, 5.74) is 0. The zero-order valence-electron chi connectivity index (χ0n) is 11.0. The van der Waals surface area contributed by atoms with Crippen LogP contribution in [-0.4, -0.2) is 40.7 Å². The van der Waals surface area contributed by atoms with Gasteiger partial charge in [0.25, 0.3) is 5.91 Å². The van der Waals surface area contributed by atoms with Gasteiger partial charge in [-0.2, -0.15) is 0 Å². The second kappa shape index (κ2) is 5.95. The van der Waals surface area contributed by atoms with E-state index in [0.29, 0.717) is 12.5 Å². The molecule has 0 aromatic carbocycles. The summed E-state index contributed by atoms with van der Waals surface area (Å²) in [6.07, 6.45) is 2.34. The summed E-state index contributed by atoms with van der Waals surface area (Å²) >= 11 is 0. The maximum absolute atomic E-state index is 11.8. The van der Waals surface area contributed by atoms with Gasteiger partial charge in [0, 0.05) is 12.5 Å². The van der Waals surface area contributed by atoms with Crippen LogP contribution in [0.4, 0.5) is 0 Å². The predicted octanol–water partition coefficient (Wildman–Crippen LogP) is 0.657. The lowest BCUT2D eigenvalue weighted by atomic mass is 10.00. The summed E-state index contributed by atoms with van der Waals surface area (Å²) in [6, 6.07) is 0. The molecule has 0 radical (unpaired) electrons. The highest BCUT2D eigenvalue weighted by Gasteiger charge is 2.17. The van der Waals surface area contributed by atoms with Crippen molar-refractivity contribution in [1.29, 1.82) is 0 Å². The van der Waals surface area contributed by atoms with Crippen LogP contribution in [0.25, 0.3) is 0 Å². The molecule has 1 aliphatic rings. The van der Waals surface area contributed by atoms with Crippen molar-refractivity contribution in [2.45, 2.75) is 32.6 Å². The lowest BCUT2D eigenvalue weighted by Crippen LogP contribution is -2.38. The Morgan fingerprint density at radius 1 is 1.56 bits per heavy atom. The van der Waals surface area contributed by atoms with Gasteiger partial charge in [0.05, 0.1) is 0 Å². The van der Waals surface area contributed by atoms with Crippen molar-refractivity contribution >= 4 is 5.91 Å². The number of nitrogens with zero attached hydrogens (tertiary/aromatic N) is 2. The number of aromatic nitrogens is 3. The highest BCUT2D eigenvalue weighted by molar-refractivity contribution is 5.90. The second-order valence-corrected chi connectivity index (χ2v) is 5.12. The lowest BCUT2D eigenvalue weighted by Gasteiger charge is -2.22. The number of hydrogen-bond acceptors (Lipinski definition) is 4. The van der Waals surface area contributed by atoms with Gasteiger partial charge in [0.15, 0.2) is 0 Å². The first-order valence-electron chi connectivity index (χ1n) is 6.58. The highest BCUT2D eigenvalue weighted by Crippen LogP contribution is 2.09. The zero-order valence-corrected chi connectivity index (χ0v) is 11.0. The fraction of sp³-hybridized carbons (Fsp3) is 0.750. The number of carbonyl (C=O) groups is 1. The van der Waals surface area contributed by atoms with Crippen molar-refractivity contribution in [3.63, 3.8) is 0 Å². The van der Waals surface area contributed by atoms with Crippen LogP contribution in [0.1, 0.15) is 49.1 Å². The van der Waals surface area contributed by atoms with E-state index in [0.717, 1.165) is 18.9 Å². The molecule has 6 heteroatoms. The minimum Gasteiger partial charge on any atom is -0.349 e. The number of carbonyl (C=O) groups excluding carboxylic acids is 1. The Morgan fingerprint density at radius 3 is 3.00 bits per heavy atom. The summed E-state index contributed by atoms with van der Waals surface area (Å²) in [7, 11) is 0. The monoisotopic (exact) mass is 251 g/mol. The topological polar surface area (TPSA) is 82.7 Å². The molecule has 100 valence electrons. The van der Waals surface area contributed by atoms with Crippen molar-refractivity contribution in [2.24, 2.45) is 5.92 Å². The van der Waals surface area contributed by atoms with E-state index in [9.17, 15) is 4.79 Å². The first kappa shape index (κ1) is 13.0. The Kier molecular flexibility index (Phi) is 4.30. The maximum atomic E-state index is 11.8. The molecule has 18 heavy (non-hydrogen) atoms. The van der Waals surface area contributed by atoms with E-state index in [1.54, 1.807) is 0 Å². The average molecular weight is 251 g/mol. The summed E-state index contributed by atoms with van der Waals surface area (Å²) in [5, 5.41) is 13.0. The molecule has 1 saturated heterocycles. The molecule has 1 atom stereocenters. The van der Waals surface area contributed by atoms with Crippen molar-refractivity contribution in [2.75, 3.05) is 19.6 Å². The third kappa shape index (κ3) is 3.29. The number of nitrogens with one attached hydrogen (secondary N) is 3. The third-order valence-electron chi connectivity index (χ3n) is 3.20. The van der Waals surface area contributed by atoms with Crippen LogP contribution >= 0.6 is 0 Å². The van der Waals surface area contributed by atoms with Crippen LogP contribution in [-0.2, 0) is 0 Å². The first-order chi connectivity index (χ1) is 8.66. The van der Waals surface area contributed by atoms with Crippen molar-refractivity contribution < 1.29 is 4.79 Å². The van der Waals surface area contributed by atoms with Gasteiger partial charge in [-0.1, -0.05) is 13.8 Å². The van der Waals surface area contributed by atoms with Gasteiger partial charge in [-0.05, 0) is 31.8 Å². The Bertz CT molecular complexity index is 395. The maximum Gasteiger partial charge on any atom is 0.290 e. The third-order valence-corrected chi connectivity index (χ3v) is 3.20. The van der Waals surface area contributed by atoms with Gasteiger partial charge in [-0.3, -0.25) is 9.89 Å². The van der Waals surface area contributed by atoms with E-state index in [1.165, 1.54) is 12.8 Å². The van der Waals surface area contributed by atoms with Crippen LogP contribution in [0.5, 0.6) is 0 Å². The van der Waals surface area contributed by atoms with Gasteiger partial charge >= 0.3 is 0 Å². The minimum atomic E-state index is -0.191. The molecular formula is C12H21N5O. The first-order valence-corrected chi connectivity index (χ1v) is 6.58. The van der Waals surface area contributed by atoms with E-state index >= 15 is 0 Å². The van der Waals surface area contributed by atoms with E-state index in [2.05, 4.69) is 25.8 Å². The molecule has 1 aromatic heterocycles. The standard InChI is InChI=1S/C12H21N5O/c1-8(2)10-15-11(17-16-10)12(18)14-7-9-4-3-5-13-6-9/h8-9,13H,3-7H2,1-2H3,(H,14,18)(H,15,16,17). The van der Waals surface area contributed by atoms with Crippen LogP contribution in [0.3, 0.4) is 0 Å². The van der Waals surface area contributed by atoms with Gasteiger partial charge in [-0.15, -0.1) is 5.10 Å². The summed E-state index contributed by atoms with van der Waals surface area (Å²) < 4.78 is 0. The van der Waals surface area contributed by atoms with Crippen LogP contribution in [0.15, 0.2) is 0 Å². The molecule has 0 saturated carbocycles. The van der Waals surface area contributed by atoms with E-state index in [-0.39, 0.29) is 17.6 Å². The quantitative estimate of drug-likeness (QED) is 0.734. The molecular weight excluding hydrogens is 230 g/mol. The summed E-state index contributed by atoms with van der Waals surface area (Å²) in [6.45, 7) is 6.78. The van der Waals surface area contributed by atoms with Gasteiger partial charge in [0.2, 0.25) is 5.82 Å². The second-order valence-electron chi connectivity index (χ2n) is 5.12. The summed E-state index contributed by atoms with van der Waals surface area (Å²) in [5.74, 6) is 1.57. The Morgan fingerprint density at radius 2 is 2.39 bits per heavy atom. The molecule has 2 heterocycles. The predicted molar refractivity (Wildman–Crippen MR) is 68.4 cm³/mol. The molecule has 1 aliphatic heterocycles. The van der Waals surface area contributed by atoms with Crippen LogP contribution in [0.2, 0.25) is 0 Å². The number of amides is 1. The van der Waals surface area contributed by atoms with Gasteiger partial charge in [-0.25, -0.2) is 4.98 Å². The molecule has 2 rings (SSSR count). The summed E-state index contributed by atoms with van der Waals surface area (Å²) in [4.78, 5) is 16.0. The highest BCUT2D eigenvalue weighted by atomic mass is 16.2. The molecule has 1 aromatic rings. The molecule has 0 aliphatic carbocycles. The normalized spacial score (nSPS) is 20.1. The van der Waals surface area contributed by atoms with Gasteiger partial charge < -0.3 is 10.6 Å². The van der Waals surface area contributed by atoms with E-state index in [1.807, 2.05) is 13.8 Å². The molecule has 1 fully saturated rings. The number of aromatic amines is 1. The van der Waals surface area contributed by atoms with E-state index < -0.39 is 0 Å². The lowest BCUT2D eigenvalue weighted by molar-refractivity contribution is 0.0934. The fourth-order valence-electron chi connectivity index (χ4n) is 2.05. The van der Waals surface area contributed by atoms with Gasteiger partial charge in [0.1, 0.15) is 5.82 Å². The fourth-order valence-corrected chi connectivity index (χ4v) is 2.05. The molecule has 6 nitrogen and oxygen atoms in total. The van der Waals surface area contributed by atoms with Crippen LogP contribution in [0, 0.1) is 5.92 Å². The smallest absolute Gasteiger partial charge is 0.290 e. The number of hydrogen-bond donors (Lipinski definition) is 3. The Balaban J connectivity index is 1.83. The molecule has 1 unspecified atom stereocenters. The number of piperidine rings is 1. The van der Waals surface area contributed by atoms with Crippen LogP contribution < -0.4 is 10.6 Å². The van der Waals surface area contributed by atoms with E-state index in [4.69, 9.17) is 0 Å². The average Bonchev–Trinajstić information content (AvgIpc) is 2.87. The number of H-pyrrole nitrogens is 1. The SMILES string of the molecule is CC(C)c1nc(C(=O)NCC2CCCNC2)n[nH]1. The largest absolute Gasteiger partial charge is 0.349 e.